The van der Waals surface area contributed by atoms with Gasteiger partial charge in [0.05, 0.1) is 4.92 Å². The fourth-order valence-corrected chi connectivity index (χ4v) is 1.08. The van der Waals surface area contributed by atoms with Gasteiger partial charge in [-0.25, -0.2) is 0 Å². The van der Waals surface area contributed by atoms with Gasteiger partial charge in [0, 0.05) is 22.6 Å². The number of rotatable bonds is 3. The number of nitro benzene ring substituents is 1. The Morgan fingerprint density at radius 3 is 2.43 bits per heavy atom. The van der Waals surface area contributed by atoms with Crippen LogP contribution < -0.4 is 0 Å². The molecular formula is C8H8N2O4. The standard InChI is InChI=1S/C8H8N2O4/c1-6-2-3-8(10(13)14)4-7(6)5-9(11)12/h2-4H,5H2,1H3. The van der Waals surface area contributed by atoms with Crippen molar-refractivity contribution < 1.29 is 9.85 Å². The number of benzene rings is 1. The van der Waals surface area contributed by atoms with E-state index >= 15 is 0 Å². The highest BCUT2D eigenvalue weighted by Gasteiger charge is 2.11. The van der Waals surface area contributed by atoms with E-state index in [4.69, 9.17) is 0 Å². The summed E-state index contributed by atoms with van der Waals surface area (Å²) >= 11 is 0. The molecule has 6 nitrogen and oxygen atoms in total. The van der Waals surface area contributed by atoms with Crippen LogP contribution in [0.3, 0.4) is 0 Å². The summed E-state index contributed by atoms with van der Waals surface area (Å²) < 4.78 is 0. The van der Waals surface area contributed by atoms with Crippen molar-refractivity contribution in [3.63, 3.8) is 0 Å². The SMILES string of the molecule is Cc1ccc([N+](=O)[O-])cc1C[N+](=O)[O-]. The zero-order valence-electron chi connectivity index (χ0n) is 7.47. The van der Waals surface area contributed by atoms with Gasteiger partial charge < -0.3 is 0 Å². The maximum absolute atomic E-state index is 10.4. The molecule has 0 fully saturated rings. The van der Waals surface area contributed by atoms with E-state index in [2.05, 4.69) is 0 Å². The smallest absolute Gasteiger partial charge is 0.264 e. The Kier molecular flexibility index (Phi) is 2.76. The van der Waals surface area contributed by atoms with Gasteiger partial charge in [-0.15, -0.1) is 0 Å². The van der Waals surface area contributed by atoms with Crippen molar-refractivity contribution in [1.29, 1.82) is 0 Å². The normalized spacial score (nSPS) is 9.79. The maximum Gasteiger partial charge on any atom is 0.269 e. The lowest BCUT2D eigenvalue weighted by atomic mass is 10.1. The minimum absolute atomic E-state index is 0.118. The molecule has 1 aromatic carbocycles. The molecule has 1 aromatic rings. The Morgan fingerprint density at radius 1 is 1.29 bits per heavy atom. The fourth-order valence-electron chi connectivity index (χ4n) is 1.08. The van der Waals surface area contributed by atoms with Crippen LogP contribution in [-0.4, -0.2) is 9.85 Å². The van der Waals surface area contributed by atoms with E-state index in [1.54, 1.807) is 6.92 Å². The molecule has 0 amide bonds. The lowest BCUT2D eigenvalue weighted by Crippen LogP contribution is -2.01. The van der Waals surface area contributed by atoms with Crippen LogP contribution in [0.5, 0.6) is 0 Å². The van der Waals surface area contributed by atoms with Crippen molar-refractivity contribution in [1.82, 2.24) is 0 Å². The van der Waals surface area contributed by atoms with Gasteiger partial charge in [0.25, 0.3) is 5.69 Å². The van der Waals surface area contributed by atoms with Gasteiger partial charge in [0.2, 0.25) is 6.54 Å². The number of aryl methyl sites for hydroxylation is 1. The summed E-state index contributed by atoms with van der Waals surface area (Å²) in [6.07, 6.45) is 0. The van der Waals surface area contributed by atoms with Crippen molar-refractivity contribution in [2.45, 2.75) is 13.5 Å². The molecule has 0 heterocycles. The third-order valence-electron chi connectivity index (χ3n) is 1.84. The average Bonchev–Trinajstić information content (AvgIpc) is 2.07. The summed E-state index contributed by atoms with van der Waals surface area (Å²) in [6, 6.07) is 4.08. The first-order chi connectivity index (χ1) is 6.50. The van der Waals surface area contributed by atoms with E-state index in [1.165, 1.54) is 18.2 Å². The van der Waals surface area contributed by atoms with E-state index < -0.39 is 9.85 Å². The van der Waals surface area contributed by atoms with Crippen molar-refractivity contribution in [3.8, 4) is 0 Å². The van der Waals surface area contributed by atoms with Gasteiger partial charge in [0.15, 0.2) is 0 Å². The Labute approximate surface area is 79.5 Å². The highest BCUT2D eigenvalue weighted by molar-refractivity contribution is 5.38. The van der Waals surface area contributed by atoms with Gasteiger partial charge in [-0.3, -0.25) is 20.2 Å². The Balaban J connectivity index is 3.08. The maximum atomic E-state index is 10.4. The van der Waals surface area contributed by atoms with E-state index in [1.807, 2.05) is 0 Å². The molecule has 6 heteroatoms. The van der Waals surface area contributed by atoms with Crippen molar-refractivity contribution in [2.75, 3.05) is 0 Å². The number of non-ortho nitro benzene ring substituents is 1. The van der Waals surface area contributed by atoms with Crippen LogP contribution in [0.2, 0.25) is 0 Å². The second-order valence-electron chi connectivity index (χ2n) is 2.86. The zero-order chi connectivity index (χ0) is 10.7. The summed E-state index contributed by atoms with van der Waals surface area (Å²) in [4.78, 5) is 19.5. The third kappa shape index (κ3) is 2.25. The van der Waals surface area contributed by atoms with Crippen molar-refractivity contribution in [3.05, 3.63) is 49.6 Å². The molecule has 0 aromatic heterocycles. The van der Waals surface area contributed by atoms with Crippen molar-refractivity contribution >= 4 is 5.69 Å². The van der Waals surface area contributed by atoms with E-state index in [-0.39, 0.29) is 12.2 Å². The van der Waals surface area contributed by atoms with Crippen LogP contribution in [0.4, 0.5) is 5.69 Å². The monoisotopic (exact) mass is 196 g/mol. The van der Waals surface area contributed by atoms with Gasteiger partial charge in [0.1, 0.15) is 0 Å². The quantitative estimate of drug-likeness (QED) is 0.543. The van der Waals surface area contributed by atoms with Gasteiger partial charge in [-0.2, -0.15) is 0 Å². The van der Waals surface area contributed by atoms with Gasteiger partial charge in [-0.1, -0.05) is 6.07 Å². The molecule has 0 aliphatic rings. The Hall–Kier alpha value is -1.98. The number of nitrogens with zero attached hydrogens (tertiary/aromatic N) is 2. The average molecular weight is 196 g/mol. The molecule has 0 aliphatic carbocycles. The predicted molar refractivity (Wildman–Crippen MR) is 48.5 cm³/mol. The summed E-state index contributed by atoms with van der Waals surface area (Å²) in [6.45, 7) is 1.30. The Bertz CT molecular complexity index is 389. The molecule has 0 saturated carbocycles. The molecule has 1 rings (SSSR count). The molecule has 0 spiro atoms. The second-order valence-corrected chi connectivity index (χ2v) is 2.86. The zero-order valence-corrected chi connectivity index (χ0v) is 7.47. The van der Waals surface area contributed by atoms with Gasteiger partial charge in [-0.05, 0) is 12.5 Å². The highest BCUT2D eigenvalue weighted by atomic mass is 16.6. The first-order valence-electron chi connectivity index (χ1n) is 3.86. The molecule has 0 aliphatic heterocycles. The van der Waals surface area contributed by atoms with Gasteiger partial charge >= 0.3 is 0 Å². The van der Waals surface area contributed by atoms with E-state index in [0.29, 0.717) is 11.1 Å². The van der Waals surface area contributed by atoms with Crippen LogP contribution in [0, 0.1) is 27.2 Å². The van der Waals surface area contributed by atoms with Crippen LogP contribution in [0.1, 0.15) is 11.1 Å². The van der Waals surface area contributed by atoms with Crippen LogP contribution in [0.15, 0.2) is 18.2 Å². The van der Waals surface area contributed by atoms with E-state index in [9.17, 15) is 20.2 Å². The molecule has 0 radical (unpaired) electrons. The van der Waals surface area contributed by atoms with Crippen molar-refractivity contribution in [2.24, 2.45) is 0 Å². The van der Waals surface area contributed by atoms with Crippen LogP contribution in [-0.2, 0) is 6.54 Å². The summed E-state index contributed by atoms with van der Waals surface area (Å²) in [7, 11) is 0. The number of nitro groups is 2. The minimum atomic E-state index is -0.567. The molecular weight excluding hydrogens is 188 g/mol. The summed E-state index contributed by atoms with van der Waals surface area (Å²) in [5.74, 6) is 0. The predicted octanol–water partition coefficient (Wildman–Crippen LogP) is 1.68. The fraction of sp³-hybridized carbons (Fsp3) is 0.250. The first kappa shape index (κ1) is 10.1. The molecule has 0 atom stereocenters. The topological polar surface area (TPSA) is 86.3 Å². The Morgan fingerprint density at radius 2 is 1.93 bits per heavy atom. The molecule has 0 bridgehead atoms. The summed E-state index contributed by atoms with van der Waals surface area (Å²) in [5, 5.41) is 20.6. The molecule has 74 valence electrons. The number of hydrogen-bond donors (Lipinski definition) is 0. The largest absolute Gasteiger partial charge is 0.269 e. The minimum Gasteiger partial charge on any atom is -0.264 e. The lowest BCUT2D eigenvalue weighted by molar-refractivity contribution is -0.497. The first-order valence-corrected chi connectivity index (χ1v) is 3.86. The lowest BCUT2D eigenvalue weighted by Gasteiger charge is -2.00. The van der Waals surface area contributed by atoms with Crippen LogP contribution in [0.25, 0.3) is 0 Å². The summed E-state index contributed by atoms with van der Waals surface area (Å²) in [5.41, 5.74) is 0.948. The van der Waals surface area contributed by atoms with Crippen LogP contribution >= 0.6 is 0 Å². The highest BCUT2D eigenvalue weighted by Crippen LogP contribution is 2.17. The second kappa shape index (κ2) is 3.82. The number of hydrogen-bond acceptors (Lipinski definition) is 4. The third-order valence-corrected chi connectivity index (χ3v) is 1.84. The molecule has 0 N–H and O–H groups in total. The molecule has 0 unspecified atom stereocenters. The molecule has 14 heavy (non-hydrogen) atoms. The van der Waals surface area contributed by atoms with E-state index in [0.717, 1.165) is 0 Å². The molecule has 0 saturated heterocycles.